The Kier molecular flexibility index (Phi) is 4.02. The monoisotopic (exact) mass is 239 g/mol. The smallest absolute Gasteiger partial charge is 0.303 e. The number of aliphatic carboxylic acids is 1. The van der Waals surface area contributed by atoms with E-state index in [0.717, 1.165) is 18.8 Å². The molecule has 2 aliphatic carbocycles. The Morgan fingerprint density at radius 1 is 1.18 bits per heavy atom. The van der Waals surface area contributed by atoms with Crippen LogP contribution in [0, 0.1) is 17.8 Å². The first-order valence-corrected chi connectivity index (χ1v) is 6.66. The van der Waals surface area contributed by atoms with Crippen LogP contribution in [0.25, 0.3) is 0 Å². The SMILES string of the molecule is O=C(O)CCCCNC(=O)[C@H]1C[C@H]2CC[C@H]1C2. The molecular formula is C13H21NO3. The molecule has 0 aromatic carbocycles. The van der Waals surface area contributed by atoms with Crippen LogP contribution in [0.3, 0.4) is 0 Å². The molecule has 3 atom stereocenters. The summed E-state index contributed by atoms with van der Waals surface area (Å²) in [4.78, 5) is 22.2. The molecule has 0 heterocycles. The summed E-state index contributed by atoms with van der Waals surface area (Å²) in [7, 11) is 0. The number of rotatable bonds is 6. The van der Waals surface area contributed by atoms with E-state index in [1.54, 1.807) is 0 Å². The second-order valence-corrected chi connectivity index (χ2v) is 5.42. The number of unbranched alkanes of at least 4 members (excludes halogenated alkanes) is 1. The van der Waals surface area contributed by atoms with Crippen molar-refractivity contribution in [2.75, 3.05) is 6.54 Å². The highest BCUT2D eigenvalue weighted by atomic mass is 16.4. The predicted octanol–water partition coefficient (Wildman–Crippen LogP) is 1.79. The minimum absolute atomic E-state index is 0.198. The van der Waals surface area contributed by atoms with Crippen molar-refractivity contribution in [1.82, 2.24) is 5.32 Å². The summed E-state index contributed by atoms with van der Waals surface area (Å²) in [5.41, 5.74) is 0. The minimum atomic E-state index is -0.760. The molecule has 4 nitrogen and oxygen atoms in total. The Labute approximate surface area is 102 Å². The van der Waals surface area contributed by atoms with Gasteiger partial charge in [0.25, 0.3) is 0 Å². The summed E-state index contributed by atoms with van der Waals surface area (Å²) in [5.74, 6) is 1.10. The van der Waals surface area contributed by atoms with E-state index < -0.39 is 5.97 Å². The molecule has 0 aromatic heterocycles. The van der Waals surface area contributed by atoms with Crippen LogP contribution in [-0.2, 0) is 9.59 Å². The molecule has 0 spiro atoms. The second-order valence-electron chi connectivity index (χ2n) is 5.42. The van der Waals surface area contributed by atoms with Gasteiger partial charge >= 0.3 is 5.97 Å². The van der Waals surface area contributed by atoms with Gasteiger partial charge in [-0.25, -0.2) is 0 Å². The van der Waals surface area contributed by atoms with Crippen molar-refractivity contribution >= 4 is 11.9 Å². The molecule has 0 aliphatic heterocycles. The summed E-state index contributed by atoms with van der Waals surface area (Å²) in [6, 6.07) is 0. The molecule has 0 saturated heterocycles. The molecule has 0 radical (unpaired) electrons. The lowest BCUT2D eigenvalue weighted by molar-refractivity contribution is -0.137. The largest absolute Gasteiger partial charge is 0.481 e. The van der Waals surface area contributed by atoms with Crippen molar-refractivity contribution in [2.45, 2.75) is 44.9 Å². The van der Waals surface area contributed by atoms with Crippen LogP contribution >= 0.6 is 0 Å². The molecule has 96 valence electrons. The van der Waals surface area contributed by atoms with E-state index in [1.807, 2.05) is 0 Å². The molecule has 2 aliphatic rings. The summed E-state index contributed by atoms with van der Waals surface area (Å²) in [6.07, 6.45) is 6.47. The molecule has 0 unspecified atom stereocenters. The number of hydrogen-bond donors (Lipinski definition) is 2. The maximum atomic E-state index is 11.9. The minimum Gasteiger partial charge on any atom is -0.481 e. The number of carboxylic acid groups (broad SMARTS) is 1. The zero-order valence-electron chi connectivity index (χ0n) is 10.2. The van der Waals surface area contributed by atoms with E-state index in [1.165, 1.54) is 19.3 Å². The molecule has 4 heteroatoms. The van der Waals surface area contributed by atoms with Gasteiger partial charge in [0.05, 0.1) is 0 Å². The molecular weight excluding hydrogens is 218 g/mol. The van der Waals surface area contributed by atoms with Crippen LogP contribution in [0.1, 0.15) is 44.9 Å². The van der Waals surface area contributed by atoms with E-state index in [4.69, 9.17) is 5.11 Å². The van der Waals surface area contributed by atoms with E-state index in [9.17, 15) is 9.59 Å². The number of nitrogens with one attached hydrogen (secondary N) is 1. The molecule has 2 bridgehead atoms. The van der Waals surface area contributed by atoms with Crippen LogP contribution in [0.4, 0.5) is 0 Å². The Balaban J connectivity index is 1.60. The van der Waals surface area contributed by atoms with E-state index in [-0.39, 0.29) is 18.2 Å². The van der Waals surface area contributed by atoms with Crippen molar-refractivity contribution in [3.8, 4) is 0 Å². The van der Waals surface area contributed by atoms with Gasteiger partial charge in [-0.2, -0.15) is 0 Å². The summed E-state index contributed by atoms with van der Waals surface area (Å²) in [6.45, 7) is 0.625. The van der Waals surface area contributed by atoms with Crippen LogP contribution in [0.2, 0.25) is 0 Å². The third kappa shape index (κ3) is 3.20. The molecule has 2 N–H and O–H groups in total. The fraction of sp³-hybridized carbons (Fsp3) is 0.846. The lowest BCUT2D eigenvalue weighted by Gasteiger charge is -2.20. The summed E-state index contributed by atoms with van der Waals surface area (Å²) >= 11 is 0. The molecule has 17 heavy (non-hydrogen) atoms. The number of carbonyl (C=O) groups is 2. The molecule has 2 saturated carbocycles. The van der Waals surface area contributed by atoms with Gasteiger partial charge < -0.3 is 10.4 Å². The Hall–Kier alpha value is -1.06. The van der Waals surface area contributed by atoms with Crippen molar-refractivity contribution in [2.24, 2.45) is 17.8 Å². The zero-order chi connectivity index (χ0) is 12.3. The number of hydrogen-bond acceptors (Lipinski definition) is 2. The molecule has 2 fully saturated rings. The number of fused-ring (bicyclic) bond motifs is 2. The van der Waals surface area contributed by atoms with Gasteiger partial charge in [-0.3, -0.25) is 9.59 Å². The average molecular weight is 239 g/mol. The average Bonchev–Trinajstić information content (AvgIpc) is 2.89. The fourth-order valence-corrected chi connectivity index (χ4v) is 3.31. The fourth-order valence-electron chi connectivity index (χ4n) is 3.31. The summed E-state index contributed by atoms with van der Waals surface area (Å²) in [5, 5.41) is 11.4. The number of carbonyl (C=O) groups excluding carboxylic acids is 1. The maximum absolute atomic E-state index is 11.9. The van der Waals surface area contributed by atoms with Gasteiger partial charge in [-0.15, -0.1) is 0 Å². The van der Waals surface area contributed by atoms with Crippen LogP contribution in [0.5, 0.6) is 0 Å². The topological polar surface area (TPSA) is 66.4 Å². The third-order valence-electron chi connectivity index (χ3n) is 4.19. The van der Waals surface area contributed by atoms with Crippen molar-refractivity contribution < 1.29 is 14.7 Å². The first-order chi connectivity index (χ1) is 8.16. The lowest BCUT2D eigenvalue weighted by Crippen LogP contribution is -2.34. The van der Waals surface area contributed by atoms with E-state index in [0.29, 0.717) is 18.9 Å². The molecule has 2 rings (SSSR count). The van der Waals surface area contributed by atoms with Crippen molar-refractivity contribution in [1.29, 1.82) is 0 Å². The van der Waals surface area contributed by atoms with Crippen molar-refractivity contribution in [3.63, 3.8) is 0 Å². The van der Waals surface area contributed by atoms with Gasteiger partial charge in [0.1, 0.15) is 0 Å². The Bertz CT molecular complexity index is 303. The molecule has 0 aromatic rings. The van der Waals surface area contributed by atoms with E-state index >= 15 is 0 Å². The van der Waals surface area contributed by atoms with Gasteiger partial charge in [-0.05, 0) is 43.9 Å². The highest BCUT2D eigenvalue weighted by molar-refractivity contribution is 5.79. The van der Waals surface area contributed by atoms with E-state index in [2.05, 4.69) is 5.32 Å². The van der Waals surface area contributed by atoms with Gasteiger partial charge in [-0.1, -0.05) is 6.42 Å². The Morgan fingerprint density at radius 3 is 2.59 bits per heavy atom. The normalized spacial score (nSPS) is 30.5. The van der Waals surface area contributed by atoms with Crippen LogP contribution in [0.15, 0.2) is 0 Å². The van der Waals surface area contributed by atoms with Gasteiger partial charge in [0.15, 0.2) is 0 Å². The number of amides is 1. The standard InChI is InChI=1S/C13H21NO3/c15-12(16)3-1-2-6-14-13(17)11-8-9-4-5-10(11)7-9/h9-11H,1-8H2,(H,14,17)(H,15,16)/t9-,10-,11-/m0/s1. The maximum Gasteiger partial charge on any atom is 0.303 e. The van der Waals surface area contributed by atoms with Crippen LogP contribution < -0.4 is 5.32 Å². The van der Waals surface area contributed by atoms with Crippen molar-refractivity contribution in [3.05, 3.63) is 0 Å². The lowest BCUT2D eigenvalue weighted by atomic mass is 9.88. The highest BCUT2D eigenvalue weighted by Gasteiger charge is 2.42. The first-order valence-electron chi connectivity index (χ1n) is 6.66. The predicted molar refractivity (Wildman–Crippen MR) is 63.4 cm³/mol. The Morgan fingerprint density at radius 2 is 2.00 bits per heavy atom. The quantitative estimate of drug-likeness (QED) is 0.694. The zero-order valence-corrected chi connectivity index (χ0v) is 10.2. The van der Waals surface area contributed by atoms with Crippen LogP contribution in [-0.4, -0.2) is 23.5 Å². The first kappa shape index (κ1) is 12.4. The third-order valence-corrected chi connectivity index (χ3v) is 4.19. The summed E-state index contributed by atoms with van der Waals surface area (Å²) < 4.78 is 0. The molecule has 1 amide bonds. The highest BCUT2D eigenvalue weighted by Crippen LogP contribution is 2.48. The number of carboxylic acids is 1. The second kappa shape index (κ2) is 5.52. The van der Waals surface area contributed by atoms with Gasteiger partial charge in [0, 0.05) is 18.9 Å². The van der Waals surface area contributed by atoms with Gasteiger partial charge in [0.2, 0.25) is 5.91 Å².